The summed E-state index contributed by atoms with van der Waals surface area (Å²) in [6.07, 6.45) is 1.06. The van der Waals surface area contributed by atoms with E-state index in [4.69, 9.17) is 10.5 Å². The van der Waals surface area contributed by atoms with Crippen molar-refractivity contribution in [3.05, 3.63) is 33.0 Å². The Morgan fingerprint density at radius 3 is 2.95 bits per heavy atom. The van der Waals surface area contributed by atoms with Gasteiger partial charge in [-0.05, 0) is 52.8 Å². The van der Waals surface area contributed by atoms with Crippen LogP contribution >= 0.6 is 22.6 Å². The number of ether oxygens (including phenoxy) is 1. The highest BCUT2D eigenvalue weighted by atomic mass is 127. The second kappa shape index (κ2) is 5.76. The minimum atomic E-state index is 0.436. The first kappa shape index (κ1) is 14.5. The number of aromatic nitrogens is 2. The molecule has 2 heterocycles. The van der Waals surface area contributed by atoms with Gasteiger partial charge >= 0.3 is 0 Å². The van der Waals surface area contributed by atoms with Crippen LogP contribution in [0.3, 0.4) is 0 Å². The normalized spacial score (nSPS) is 13.6. The first-order chi connectivity index (χ1) is 10.1. The minimum absolute atomic E-state index is 0.436. The van der Waals surface area contributed by atoms with Crippen molar-refractivity contribution in [2.24, 2.45) is 0 Å². The van der Waals surface area contributed by atoms with Crippen molar-refractivity contribution in [2.75, 3.05) is 31.3 Å². The lowest BCUT2D eigenvalue weighted by Crippen LogP contribution is -2.12. The average molecular weight is 396 g/mol. The summed E-state index contributed by atoms with van der Waals surface area (Å²) in [4.78, 5) is 11.3. The maximum Gasteiger partial charge on any atom is 0.161 e. The average Bonchev–Trinajstić information content (AvgIpc) is 2.85. The summed E-state index contributed by atoms with van der Waals surface area (Å²) in [6.45, 7) is 1.50. The highest BCUT2D eigenvalue weighted by molar-refractivity contribution is 14.1. The molecule has 6 heteroatoms. The van der Waals surface area contributed by atoms with Crippen molar-refractivity contribution in [1.82, 2.24) is 9.97 Å². The molecule has 0 saturated heterocycles. The van der Waals surface area contributed by atoms with E-state index in [9.17, 15) is 0 Å². The van der Waals surface area contributed by atoms with Gasteiger partial charge in [-0.15, -0.1) is 0 Å². The van der Waals surface area contributed by atoms with E-state index in [-0.39, 0.29) is 0 Å². The van der Waals surface area contributed by atoms with Crippen LogP contribution in [0.1, 0.15) is 11.3 Å². The zero-order valence-corrected chi connectivity index (χ0v) is 14.2. The Labute approximate surface area is 137 Å². The standard InChI is InChI=1S/C15H17IN4O/c1-20-6-5-9-7-10(3-4-12(9)20)15-18-11(8-21-2)13(16)14(17)19-15/h3-4,7H,5-6,8H2,1-2H3,(H2,17,18,19). The van der Waals surface area contributed by atoms with Crippen LogP contribution in [-0.4, -0.2) is 30.7 Å². The third kappa shape index (κ3) is 2.69. The second-order valence-electron chi connectivity index (χ2n) is 5.14. The van der Waals surface area contributed by atoms with Gasteiger partial charge in [0.25, 0.3) is 0 Å². The second-order valence-corrected chi connectivity index (χ2v) is 6.22. The van der Waals surface area contributed by atoms with Crippen LogP contribution in [-0.2, 0) is 17.8 Å². The molecule has 2 aromatic rings. The van der Waals surface area contributed by atoms with E-state index in [1.54, 1.807) is 7.11 Å². The number of nitrogens with two attached hydrogens (primary N) is 1. The molecule has 0 atom stereocenters. The predicted molar refractivity (Wildman–Crippen MR) is 92.3 cm³/mol. The van der Waals surface area contributed by atoms with Gasteiger partial charge < -0.3 is 15.4 Å². The highest BCUT2D eigenvalue weighted by Crippen LogP contribution is 2.31. The summed E-state index contributed by atoms with van der Waals surface area (Å²) in [5, 5.41) is 0. The number of halogens is 1. The summed E-state index contributed by atoms with van der Waals surface area (Å²) in [6, 6.07) is 6.35. The molecule has 0 saturated carbocycles. The summed E-state index contributed by atoms with van der Waals surface area (Å²) in [5.74, 6) is 1.17. The lowest BCUT2D eigenvalue weighted by Gasteiger charge is -2.12. The number of rotatable bonds is 3. The maximum atomic E-state index is 6.00. The number of likely N-dealkylation sites (N-methyl/N-ethyl adjacent to an activating group) is 1. The summed E-state index contributed by atoms with van der Waals surface area (Å²) < 4.78 is 6.05. The van der Waals surface area contributed by atoms with Crippen LogP contribution < -0.4 is 10.6 Å². The van der Waals surface area contributed by atoms with Gasteiger partial charge in [0.05, 0.1) is 15.9 Å². The SMILES string of the molecule is COCc1nc(-c2ccc3c(c2)CCN3C)nc(N)c1I. The topological polar surface area (TPSA) is 64.3 Å². The first-order valence-electron chi connectivity index (χ1n) is 6.75. The number of benzene rings is 1. The van der Waals surface area contributed by atoms with Crippen LogP contribution in [0.15, 0.2) is 18.2 Å². The number of methoxy groups -OCH3 is 1. The molecule has 1 aliphatic heterocycles. The van der Waals surface area contributed by atoms with E-state index >= 15 is 0 Å². The highest BCUT2D eigenvalue weighted by Gasteiger charge is 2.18. The Kier molecular flexibility index (Phi) is 3.99. The maximum absolute atomic E-state index is 6.00. The molecule has 0 radical (unpaired) electrons. The molecule has 1 aliphatic rings. The van der Waals surface area contributed by atoms with E-state index in [0.717, 1.165) is 27.8 Å². The van der Waals surface area contributed by atoms with Gasteiger partial charge in [0.15, 0.2) is 5.82 Å². The van der Waals surface area contributed by atoms with Crippen molar-refractivity contribution in [3.63, 3.8) is 0 Å². The Hall–Kier alpha value is -1.41. The summed E-state index contributed by atoms with van der Waals surface area (Å²) >= 11 is 2.16. The Bertz CT molecular complexity index is 690. The van der Waals surface area contributed by atoms with Crippen molar-refractivity contribution in [3.8, 4) is 11.4 Å². The smallest absolute Gasteiger partial charge is 0.161 e. The number of nitrogen functional groups attached to an aromatic ring is 1. The van der Waals surface area contributed by atoms with Gasteiger partial charge in [-0.2, -0.15) is 0 Å². The van der Waals surface area contributed by atoms with E-state index < -0.39 is 0 Å². The van der Waals surface area contributed by atoms with Crippen LogP contribution in [0.2, 0.25) is 0 Å². The number of fused-ring (bicyclic) bond motifs is 1. The van der Waals surface area contributed by atoms with Crippen LogP contribution in [0.5, 0.6) is 0 Å². The zero-order chi connectivity index (χ0) is 15.0. The molecule has 2 N–H and O–H groups in total. The first-order valence-corrected chi connectivity index (χ1v) is 7.83. The van der Waals surface area contributed by atoms with Gasteiger partial charge in [-0.3, -0.25) is 0 Å². The number of hydrogen-bond acceptors (Lipinski definition) is 5. The molecule has 0 amide bonds. The quantitative estimate of drug-likeness (QED) is 0.808. The van der Waals surface area contributed by atoms with Crippen molar-refractivity contribution >= 4 is 34.1 Å². The monoisotopic (exact) mass is 396 g/mol. The summed E-state index contributed by atoms with van der Waals surface area (Å²) in [7, 11) is 3.76. The number of anilines is 2. The van der Waals surface area contributed by atoms with Gasteiger partial charge in [-0.1, -0.05) is 0 Å². The predicted octanol–water partition coefficient (Wildman–Crippen LogP) is 2.47. The van der Waals surface area contributed by atoms with Crippen LogP contribution in [0.25, 0.3) is 11.4 Å². The number of hydrogen-bond donors (Lipinski definition) is 1. The van der Waals surface area contributed by atoms with Crippen molar-refractivity contribution in [2.45, 2.75) is 13.0 Å². The zero-order valence-electron chi connectivity index (χ0n) is 12.1. The van der Waals surface area contributed by atoms with Gasteiger partial charge in [0.1, 0.15) is 5.82 Å². The fraction of sp³-hybridized carbons (Fsp3) is 0.333. The summed E-state index contributed by atoms with van der Waals surface area (Å²) in [5.41, 5.74) is 10.5. The molecule has 1 aromatic heterocycles. The molecule has 0 unspecified atom stereocenters. The van der Waals surface area contributed by atoms with E-state index in [0.29, 0.717) is 18.2 Å². The van der Waals surface area contributed by atoms with Crippen LogP contribution in [0, 0.1) is 3.57 Å². The van der Waals surface area contributed by atoms with E-state index in [2.05, 4.69) is 62.7 Å². The molecule has 1 aromatic carbocycles. The molecule has 110 valence electrons. The molecular formula is C15H17IN4O. The van der Waals surface area contributed by atoms with E-state index in [1.165, 1.54) is 11.3 Å². The van der Waals surface area contributed by atoms with Crippen LogP contribution in [0.4, 0.5) is 11.5 Å². The molecule has 0 fully saturated rings. The van der Waals surface area contributed by atoms with Crippen molar-refractivity contribution in [1.29, 1.82) is 0 Å². The minimum Gasteiger partial charge on any atom is -0.383 e. The molecule has 0 bridgehead atoms. The molecule has 5 nitrogen and oxygen atoms in total. The van der Waals surface area contributed by atoms with Gasteiger partial charge in [0.2, 0.25) is 0 Å². The third-order valence-corrected chi connectivity index (χ3v) is 4.87. The third-order valence-electron chi connectivity index (χ3n) is 3.69. The molecule has 3 rings (SSSR count). The molecule has 21 heavy (non-hydrogen) atoms. The Morgan fingerprint density at radius 1 is 1.38 bits per heavy atom. The van der Waals surface area contributed by atoms with E-state index in [1.807, 2.05) is 0 Å². The largest absolute Gasteiger partial charge is 0.383 e. The van der Waals surface area contributed by atoms with Crippen molar-refractivity contribution < 1.29 is 4.74 Å². The Balaban J connectivity index is 2.05. The molecule has 0 spiro atoms. The fourth-order valence-corrected chi connectivity index (χ4v) is 2.98. The fourth-order valence-electron chi connectivity index (χ4n) is 2.58. The number of nitrogens with zero attached hydrogens (tertiary/aromatic N) is 3. The lowest BCUT2D eigenvalue weighted by molar-refractivity contribution is 0.181. The molecule has 0 aliphatic carbocycles. The van der Waals surface area contributed by atoms with Gasteiger partial charge in [-0.25, -0.2) is 9.97 Å². The molecular weight excluding hydrogens is 379 g/mol. The lowest BCUT2D eigenvalue weighted by atomic mass is 10.1. The van der Waals surface area contributed by atoms with Gasteiger partial charge in [0, 0.05) is 32.0 Å². The Morgan fingerprint density at radius 2 is 2.19 bits per heavy atom.